The van der Waals surface area contributed by atoms with Crippen molar-refractivity contribution in [1.29, 1.82) is 0 Å². The summed E-state index contributed by atoms with van der Waals surface area (Å²) in [5.41, 5.74) is 1.92. The third-order valence-electron chi connectivity index (χ3n) is 3.50. The van der Waals surface area contributed by atoms with E-state index >= 15 is 0 Å². The molecule has 0 N–H and O–H groups in total. The van der Waals surface area contributed by atoms with Crippen molar-refractivity contribution >= 4 is 5.91 Å². The van der Waals surface area contributed by atoms with Crippen LogP contribution in [0.1, 0.15) is 22.8 Å². The number of rotatable bonds is 6. The molecule has 0 heterocycles. The zero-order valence-electron chi connectivity index (χ0n) is 12.6. The molecule has 0 saturated carbocycles. The summed E-state index contributed by atoms with van der Waals surface area (Å²) in [5.74, 6) is 0.757. The number of benzene rings is 2. The maximum atomic E-state index is 12.5. The monoisotopic (exact) mass is 283 g/mol. The Morgan fingerprint density at radius 3 is 2.52 bits per heavy atom. The van der Waals surface area contributed by atoms with Crippen molar-refractivity contribution in [3.63, 3.8) is 0 Å². The van der Waals surface area contributed by atoms with E-state index in [-0.39, 0.29) is 5.91 Å². The van der Waals surface area contributed by atoms with Gasteiger partial charge in [0.1, 0.15) is 5.75 Å². The first-order valence-corrected chi connectivity index (χ1v) is 7.22. The van der Waals surface area contributed by atoms with Gasteiger partial charge in [-0.2, -0.15) is 0 Å². The number of carbonyl (C=O) groups excluding carboxylic acids is 1. The molecule has 0 radical (unpaired) electrons. The van der Waals surface area contributed by atoms with Gasteiger partial charge < -0.3 is 9.64 Å². The van der Waals surface area contributed by atoms with Crippen molar-refractivity contribution < 1.29 is 9.53 Å². The molecule has 0 atom stereocenters. The lowest BCUT2D eigenvalue weighted by Crippen LogP contribution is -2.32. The Morgan fingerprint density at radius 2 is 1.86 bits per heavy atom. The largest absolute Gasteiger partial charge is 0.497 e. The molecule has 2 aromatic carbocycles. The summed E-state index contributed by atoms with van der Waals surface area (Å²) in [7, 11) is 1.61. The molecule has 0 aromatic heterocycles. The van der Waals surface area contributed by atoms with Crippen molar-refractivity contribution in [1.82, 2.24) is 4.90 Å². The fraction of sp³-hybridized carbons (Fsp3) is 0.278. The molecule has 3 heteroatoms. The first-order valence-electron chi connectivity index (χ1n) is 7.22. The van der Waals surface area contributed by atoms with E-state index in [1.807, 2.05) is 48.2 Å². The lowest BCUT2D eigenvalue weighted by Gasteiger charge is -2.21. The van der Waals surface area contributed by atoms with Crippen LogP contribution in [0.3, 0.4) is 0 Å². The molecule has 0 aliphatic carbocycles. The molecule has 1 amide bonds. The summed E-state index contributed by atoms with van der Waals surface area (Å²) in [6, 6.07) is 17.5. The predicted octanol–water partition coefficient (Wildman–Crippen LogP) is 3.40. The van der Waals surface area contributed by atoms with Gasteiger partial charge in [-0.15, -0.1) is 0 Å². The van der Waals surface area contributed by atoms with Crippen molar-refractivity contribution in [2.75, 3.05) is 20.2 Å². The van der Waals surface area contributed by atoms with Gasteiger partial charge in [0.25, 0.3) is 5.91 Å². The predicted molar refractivity (Wildman–Crippen MR) is 84.7 cm³/mol. The Labute approximate surface area is 126 Å². The topological polar surface area (TPSA) is 29.5 Å². The van der Waals surface area contributed by atoms with Crippen LogP contribution in [0.15, 0.2) is 54.6 Å². The van der Waals surface area contributed by atoms with E-state index in [1.54, 1.807) is 13.2 Å². The van der Waals surface area contributed by atoms with Crippen LogP contribution < -0.4 is 4.74 Å². The van der Waals surface area contributed by atoms with Crippen molar-refractivity contribution in [2.24, 2.45) is 0 Å². The molecule has 0 aliphatic rings. The van der Waals surface area contributed by atoms with Gasteiger partial charge in [-0.1, -0.05) is 36.4 Å². The molecule has 2 aromatic rings. The minimum absolute atomic E-state index is 0.0485. The minimum Gasteiger partial charge on any atom is -0.497 e. The highest BCUT2D eigenvalue weighted by atomic mass is 16.5. The van der Waals surface area contributed by atoms with Gasteiger partial charge >= 0.3 is 0 Å². The maximum absolute atomic E-state index is 12.5. The van der Waals surface area contributed by atoms with E-state index in [0.29, 0.717) is 17.9 Å². The number of hydrogen-bond acceptors (Lipinski definition) is 2. The standard InChI is InChI=1S/C18H21NO2/c1-3-19(13-12-15-8-5-4-6-9-15)18(20)16-10-7-11-17(14-16)21-2/h4-11,14H,3,12-13H2,1-2H3. The van der Waals surface area contributed by atoms with Crippen LogP contribution in [0.4, 0.5) is 0 Å². The fourth-order valence-electron chi connectivity index (χ4n) is 2.25. The highest BCUT2D eigenvalue weighted by molar-refractivity contribution is 5.94. The summed E-state index contributed by atoms with van der Waals surface area (Å²) in [6.07, 6.45) is 0.865. The SMILES string of the molecule is CCN(CCc1ccccc1)C(=O)c1cccc(OC)c1. The van der Waals surface area contributed by atoms with E-state index in [9.17, 15) is 4.79 Å². The van der Waals surface area contributed by atoms with E-state index in [0.717, 1.165) is 13.0 Å². The van der Waals surface area contributed by atoms with E-state index < -0.39 is 0 Å². The minimum atomic E-state index is 0.0485. The van der Waals surface area contributed by atoms with Gasteiger partial charge in [0.2, 0.25) is 0 Å². The molecule has 0 spiro atoms. The van der Waals surface area contributed by atoms with Crippen molar-refractivity contribution in [3.05, 3.63) is 65.7 Å². The van der Waals surface area contributed by atoms with Gasteiger partial charge in [-0.25, -0.2) is 0 Å². The van der Waals surface area contributed by atoms with Crippen LogP contribution in [-0.4, -0.2) is 31.0 Å². The number of amides is 1. The second-order valence-corrected chi connectivity index (χ2v) is 4.85. The quantitative estimate of drug-likeness (QED) is 0.813. The molecule has 0 bridgehead atoms. The van der Waals surface area contributed by atoms with Gasteiger partial charge in [-0.05, 0) is 37.1 Å². The average molecular weight is 283 g/mol. The van der Waals surface area contributed by atoms with Crippen LogP contribution in [0.25, 0.3) is 0 Å². The number of methoxy groups -OCH3 is 1. The van der Waals surface area contributed by atoms with E-state index in [1.165, 1.54) is 5.56 Å². The maximum Gasteiger partial charge on any atom is 0.253 e. The molecule has 3 nitrogen and oxygen atoms in total. The van der Waals surface area contributed by atoms with Crippen molar-refractivity contribution in [2.45, 2.75) is 13.3 Å². The first kappa shape index (κ1) is 15.1. The Morgan fingerprint density at radius 1 is 1.10 bits per heavy atom. The van der Waals surface area contributed by atoms with Crippen molar-refractivity contribution in [3.8, 4) is 5.75 Å². The lowest BCUT2D eigenvalue weighted by atomic mass is 10.1. The van der Waals surface area contributed by atoms with Crippen LogP contribution in [0.2, 0.25) is 0 Å². The second-order valence-electron chi connectivity index (χ2n) is 4.85. The smallest absolute Gasteiger partial charge is 0.253 e. The molecule has 0 saturated heterocycles. The third-order valence-corrected chi connectivity index (χ3v) is 3.50. The van der Waals surface area contributed by atoms with Gasteiger partial charge in [0.05, 0.1) is 7.11 Å². The zero-order valence-corrected chi connectivity index (χ0v) is 12.6. The normalized spacial score (nSPS) is 10.2. The highest BCUT2D eigenvalue weighted by Crippen LogP contribution is 2.14. The van der Waals surface area contributed by atoms with Crippen LogP contribution in [0.5, 0.6) is 5.75 Å². The Kier molecular flexibility index (Phi) is 5.38. The number of hydrogen-bond donors (Lipinski definition) is 0. The van der Waals surface area contributed by atoms with E-state index in [2.05, 4.69) is 12.1 Å². The summed E-state index contributed by atoms with van der Waals surface area (Å²) >= 11 is 0. The van der Waals surface area contributed by atoms with Crippen LogP contribution in [-0.2, 0) is 6.42 Å². The number of ether oxygens (including phenoxy) is 1. The molecule has 0 fully saturated rings. The van der Waals surface area contributed by atoms with Crippen LogP contribution >= 0.6 is 0 Å². The summed E-state index contributed by atoms with van der Waals surface area (Å²) < 4.78 is 5.18. The highest BCUT2D eigenvalue weighted by Gasteiger charge is 2.14. The summed E-state index contributed by atoms with van der Waals surface area (Å²) in [4.78, 5) is 14.4. The summed E-state index contributed by atoms with van der Waals surface area (Å²) in [5, 5.41) is 0. The van der Waals surface area contributed by atoms with Gasteiger partial charge in [0.15, 0.2) is 0 Å². The Hall–Kier alpha value is -2.29. The zero-order chi connectivity index (χ0) is 15.1. The number of carbonyl (C=O) groups is 1. The fourth-order valence-corrected chi connectivity index (χ4v) is 2.25. The number of likely N-dealkylation sites (N-methyl/N-ethyl adjacent to an activating group) is 1. The van der Waals surface area contributed by atoms with E-state index in [4.69, 9.17) is 4.74 Å². The third kappa shape index (κ3) is 4.09. The van der Waals surface area contributed by atoms with Gasteiger partial charge in [0, 0.05) is 18.7 Å². The molecule has 2 rings (SSSR count). The van der Waals surface area contributed by atoms with Gasteiger partial charge in [-0.3, -0.25) is 4.79 Å². The summed E-state index contributed by atoms with van der Waals surface area (Å²) in [6.45, 7) is 3.42. The first-order chi connectivity index (χ1) is 10.2. The molecule has 0 aliphatic heterocycles. The number of nitrogens with zero attached hydrogens (tertiary/aromatic N) is 1. The molecule has 110 valence electrons. The van der Waals surface area contributed by atoms with Crippen LogP contribution in [0, 0.1) is 0 Å². The molecule has 21 heavy (non-hydrogen) atoms. The Bertz CT molecular complexity index is 581. The second kappa shape index (κ2) is 7.48. The lowest BCUT2D eigenvalue weighted by molar-refractivity contribution is 0.0766. The molecular formula is C18H21NO2. The average Bonchev–Trinajstić information content (AvgIpc) is 2.56. The molecule has 0 unspecified atom stereocenters. The Balaban J connectivity index is 2.04. The molecular weight excluding hydrogens is 262 g/mol.